The van der Waals surface area contributed by atoms with E-state index in [0.717, 1.165) is 5.56 Å². The zero-order valence-corrected chi connectivity index (χ0v) is 12.1. The number of hydrogen-bond donors (Lipinski definition) is 2. The molecule has 2 amide bonds. The Hall–Kier alpha value is -2.63. The van der Waals surface area contributed by atoms with Crippen molar-refractivity contribution < 1.29 is 9.59 Å². The van der Waals surface area contributed by atoms with E-state index < -0.39 is 0 Å². The Morgan fingerprint density at radius 1 is 1.19 bits per heavy atom. The number of amides is 2. The highest BCUT2D eigenvalue weighted by Crippen LogP contribution is 2.06. The molecule has 0 aliphatic rings. The van der Waals surface area contributed by atoms with Crippen molar-refractivity contribution >= 4 is 11.8 Å². The number of carbonyl (C=O) groups is 2. The van der Waals surface area contributed by atoms with Crippen molar-refractivity contribution in [3.8, 4) is 0 Å². The second-order valence-electron chi connectivity index (χ2n) is 4.65. The van der Waals surface area contributed by atoms with Crippen molar-refractivity contribution in [1.82, 2.24) is 20.4 Å². The van der Waals surface area contributed by atoms with Crippen molar-refractivity contribution in [2.75, 3.05) is 6.54 Å². The highest BCUT2D eigenvalue weighted by molar-refractivity contribution is 5.95. The number of benzene rings is 1. The maximum absolute atomic E-state index is 11.9. The lowest BCUT2D eigenvalue weighted by atomic mass is 10.1. The Morgan fingerprint density at radius 2 is 1.95 bits per heavy atom. The minimum Gasteiger partial charge on any atom is -0.352 e. The average molecular weight is 286 g/mol. The fraction of sp³-hybridized carbons (Fsp3) is 0.267. The van der Waals surface area contributed by atoms with Crippen LogP contribution in [0.4, 0.5) is 0 Å². The van der Waals surface area contributed by atoms with Crippen molar-refractivity contribution in [2.45, 2.75) is 13.5 Å². The molecule has 0 spiro atoms. The molecular formula is C15H18N4O2. The largest absolute Gasteiger partial charge is 0.352 e. The number of aromatic nitrogens is 2. The van der Waals surface area contributed by atoms with E-state index in [9.17, 15) is 9.59 Å². The summed E-state index contributed by atoms with van der Waals surface area (Å²) < 4.78 is 1.57. The third-order valence-corrected chi connectivity index (χ3v) is 2.95. The highest BCUT2D eigenvalue weighted by atomic mass is 16.2. The molecule has 2 aromatic rings. The fourth-order valence-corrected chi connectivity index (χ4v) is 1.91. The molecule has 0 radical (unpaired) electrons. The van der Waals surface area contributed by atoms with Gasteiger partial charge in [-0.1, -0.05) is 12.1 Å². The Kier molecular flexibility index (Phi) is 4.71. The summed E-state index contributed by atoms with van der Waals surface area (Å²) in [5, 5.41) is 9.50. The molecule has 21 heavy (non-hydrogen) atoms. The van der Waals surface area contributed by atoms with Gasteiger partial charge in [0.15, 0.2) is 0 Å². The minimum absolute atomic E-state index is 0.113. The molecule has 110 valence electrons. The topological polar surface area (TPSA) is 76.0 Å². The second-order valence-corrected chi connectivity index (χ2v) is 4.65. The lowest BCUT2D eigenvalue weighted by Gasteiger charge is -2.06. The van der Waals surface area contributed by atoms with Gasteiger partial charge in [0.05, 0.1) is 11.8 Å². The van der Waals surface area contributed by atoms with Gasteiger partial charge in [-0.25, -0.2) is 0 Å². The summed E-state index contributed by atoms with van der Waals surface area (Å²) in [4.78, 5) is 23.7. The monoisotopic (exact) mass is 286 g/mol. The molecule has 0 saturated carbocycles. The summed E-state index contributed by atoms with van der Waals surface area (Å²) in [6.07, 6.45) is 3.17. The van der Waals surface area contributed by atoms with Crippen LogP contribution in [0.1, 0.15) is 33.2 Å². The molecular weight excluding hydrogens is 268 g/mol. The second kappa shape index (κ2) is 6.69. The Bertz CT molecular complexity index is 649. The van der Waals surface area contributed by atoms with Crippen molar-refractivity contribution in [3.05, 3.63) is 53.3 Å². The van der Waals surface area contributed by atoms with Gasteiger partial charge >= 0.3 is 0 Å². The Labute approximate surface area is 123 Å². The molecule has 1 aromatic heterocycles. The predicted molar refractivity (Wildman–Crippen MR) is 78.8 cm³/mol. The van der Waals surface area contributed by atoms with Crippen LogP contribution < -0.4 is 10.6 Å². The first-order valence-electron chi connectivity index (χ1n) is 6.74. The molecule has 0 fully saturated rings. The Morgan fingerprint density at radius 3 is 2.62 bits per heavy atom. The minimum atomic E-state index is -0.188. The van der Waals surface area contributed by atoms with Gasteiger partial charge in [-0.3, -0.25) is 14.3 Å². The summed E-state index contributed by atoms with van der Waals surface area (Å²) in [7, 11) is 1.76. The van der Waals surface area contributed by atoms with Crippen LogP contribution in [0.2, 0.25) is 0 Å². The molecule has 0 aliphatic carbocycles. The molecule has 6 nitrogen and oxygen atoms in total. The molecule has 0 unspecified atom stereocenters. The molecule has 1 heterocycles. The summed E-state index contributed by atoms with van der Waals surface area (Å²) in [5.74, 6) is -0.301. The van der Waals surface area contributed by atoms with E-state index in [1.807, 2.05) is 13.0 Å². The standard InChI is InChI=1S/C15H18N4O2/c1-3-16-14(20)12-6-4-5-11(7-12)8-17-15(21)13-9-18-19(2)10-13/h4-7,9-10H,3,8H2,1-2H3,(H,16,20)(H,17,21). The van der Waals surface area contributed by atoms with Crippen LogP contribution in [0.15, 0.2) is 36.7 Å². The van der Waals surface area contributed by atoms with Gasteiger partial charge in [0.25, 0.3) is 11.8 Å². The molecule has 0 aliphatic heterocycles. The normalized spacial score (nSPS) is 10.2. The van der Waals surface area contributed by atoms with Gasteiger partial charge in [-0.15, -0.1) is 0 Å². The van der Waals surface area contributed by atoms with Crippen LogP contribution in [-0.4, -0.2) is 28.1 Å². The summed E-state index contributed by atoms with van der Waals surface area (Å²) in [6, 6.07) is 7.19. The third-order valence-electron chi connectivity index (χ3n) is 2.95. The SMILES string of the molecule is CCNC(=O)c1cccc(CNC(=O)c2cnn(C)c2)c1. The maximum Gasteiger partial charge on any atom is 0.254 e. The molecule has 0 bridgehead atoms. The van der Waals surface area contributed by atoms with Crippen LogP contribution in [0, 0.1) is 0 Å². The van der Waals surface area contributed by atoms with E-state index in [1.165, 1.54) is 6.20 Å². The number of nitrogens with zero attached hydrogens (tertiary/aromatic N) is 2. The summed E-state index contributed by atoms with van der Waals surface area (Å²) in [5.41, 5.74) is 1.97. The number of carbonyl (C=O) groups excluding carboxylic acids is 2. The molecule has 0 atom stereocenters. The molecule has 1 aromatic carbocycles. The highest BCUT2D eigenvalue weighted by Gasteiger charge is 2.08. The van der Waals surface area contributed by atoms with Crippen LogP contribution in [0.3, 0.4) is 0 Å². The van der Waals surface area contributed by atoms with Crippen LogP contribution in [0.5, 0.6) is 0 Å². The first kappa shape index (κ1) is 14.8. The van der Waals surface area contributed by atoms with Gasteiger partial charge in [0.1, 0.15) is 0 Å². The molecule has 2 rings (SSSR count). The number of hydrogen-bond acceptors (Lipinski definition) is 3. The van der Waals surface area contributed by atoms with E-state index >= 15 is 0 Å². The van der Waals surface area contributed by atoms with E-state index in [2.05, 4.69) is 15.7 Å². The average Bonchev–Trinajstić information content (AvgIpc) is 2.92. The lowest BCUT2D eigenvalue weighted by molar-refractivity contribution is 0.0947. The zero-order valence-electron chi connectivity index (χ0n) is 12.1. The molecule has 6 heteroatoms. The number of nitrogens with one attached hydrogen (secondary N) is 2. The van der Waals surface area contributed by atoms with Gasteiger partial charge in [0.2, 0.25) is 0 Å². The van der Waals surface area contributed by atoms with E-state index in [1.54, 1.807) is 36.1 Å². The molecule has 2 N–H and O–H groups in total. The van der Waals surface area contributed by atoms with Crippen molar-refractivity contribution in [1.29, 1.82) is 0 Å². The van der Waals surface area contributed by atoms with Crippen molar-refractivity contribution in [2.24, 2.45) is 7.05 Å². The Balaban J connectivity index is 1.98. The summed E-state index contributed by atoms with van der Waals surface area (Å²) in [6.45, 7) is 2.82. The predicted octanol–water partition coefficient (Wildman–Crippen LogP) is 1.10. The van der Waals surface area contributed by atoms with Gasteiger partial charge in [-0.2, -0.15) is 5.10 Å². The van der Waals surface area contributed by atoms with Gasteiger partial charge < -0.3 is 10.6 Å². The fourth-order valence-electron chi connectivity index (χ4n) is 1.91. The van der Waals surface area contributed by atoms with Crippen molar-refractivity contribution in [3.63, 3.8) is 0 Å². The zero-order chi connectivity index (χ0) is 15.2. The maximum atomic E-state index is 11.9. The van der Waals surface area contributed by atoms with E-state index in [0.29, 0.717) is 24.2 Å². The van der Waals surface area contributed by atoms with Crippen LogP contribution >= 0.6 is 0 Å². The third kappa shape index (κ3) is 3.92. The quantitative estimate of drug-likeness (QED) is 0.864. The van der Waals surface area contributed by atoms with Crippen LogP contribution in [-0.2, 0) is 13.6 Å². The van der Waals surface area contributed by atoms with Crippen LogP contribution in [0.25, 0.3) is 0 Å². The first-order chi connectivity index (χ1) is 10.1. The first-order valence-corrected chi connectivity index (χ1v) is 6.74. The van der Waals surface area contributed by atoms with Gasteiger partial charge in [-0.05, 0) is 24.6 Å². The smallest absolute Gasteiger partial charge is 0.254 e. The van der Waals surface area contributed by atoms with E-state index in [4.69, 9.17) is 0 Å². The number of aryl methyl sites for hydroxylation is 1. The van der Waals surface area contributed by atoms with E-state index in [-0.39, 0.29) is 11.8 Å². The van der Waals surface area contributed by atoms with Gasteiger partial charge in [0, 0.05) is 31.9 Å². The lowest BCUT2D eigenvalue weighted by Crippen LogP contribution is -2.24. The molecule has 0 saturated heterocycles. The summed E-state index contributed by atoms with van der Waals surface area (Å²) >= 11 is 0. The number of rotatable bonds is 5.